The lowest BCUT2D eigenvalue weighted by molar-refractivity contribution is 0.664. The van der Waals surface area contributed by atoms with Crippen molar-refractivity contribution >= 4 is 67.1 Å². The minimum absolute atomic E-state index is 0.997. The minimum Gasteiger partial charge on any atom is -0.454 e. The number of benzene rings is 2. The van der Waals surface area contributed by atoms with Crippen LogP contribution in [0.25, 0.3) is 21.9 Å². The van der Waals surface area contributed by atoms with Gasteiger partial charge in [0.25, 0.3) is 0 Å². The predicted octanol–water partition coefficient (Wildman–Crippen LogP) is 4.80. The van der Waals surface area contributed by atoms with Gasteiger partial charge in [-0.15, -0.1) is 0 Å². The van der Waals surface area contributed by atoms with Crippen LogP contribution in [0.3, 0.4) is 0 Å². The van der Waals surface area contributed by atoms with Gasteiger partial charge >= 0.3 is 0 Å². The van der Waals surface area contributed by atoms with Crippen LogP contribution in [0.1, 0.15) is 0 Å². The van der Waals surface area contributed by atoms with Gasteiger partial charge < -0.3 is 4.42 Å². The van der Waals surface area contributed by atoms with E-state index in [1.54, 1.807) is 0 Å². The summed E-state index contributed by atoms with van der Waals surface area (Å²) in [6.07, 6.45) is 0. The standard InChI is InChI=1S/C12H6I2O/c13-9-5-1-3-7-8-4-2-6-10(14)12(8)15-11(7)9/h1-6H. The second-order valence-corrected chi connectivity index (χ2v) is 5.66. The summed E-state index contributed by atoms with van der Waals surface area (Å²) in [5.74, 6) is 0. The van der Waals surface area contributed by atoms with E-state index in [0.717, 1.165) is 18.3 Å². The van der Waals surface area contributed by atoms with E-state index in [0.29, 0.717) is 0 Å². The molecule has 1 aromatic heterocycles. The van der Waals surface area contributed by atoms with Gasteiger partial charge in [0.1, 0.15) is 11.2 Å². The second kappa shape index (κ2) is 3.62. The second-order valence-electron chi connectivity index (χ2n) is 3.34. The zero-order valence-corrected chi connectivity index (χ0v) is 11.9. The Morgan fingerprint density at radius 3 is 1.67 bits per heavy atom. The van der Waals surface area contributed by atoms with Gasteiger partial charge in [-0.2, -0.15) is 0 Å². The van der Waals surface area contributed by atoms with E-state index in [-0.39, 0.29) is 0 Å². The number of hydrogen-bond acceptors (Lipinski definition) is 1. The van der Waals surface area contributed by atoms with Gasteiger partial charge in [0.05, 0.1) is 7.14 Å². The molecule has 3 heteroatoms. The van der Waals surface area contributed by atoms with E-state index < -0.39 is 0 Å². The molecule has 1 nitrogen and oxygen atoms in total. The number of furan rings is 1. The summed E-state index contributed by atoms with van der Waals surface area (Å²) in [6.45, 7) is 0. The molecule has 0 bridgehead atoms. The van der Waals surface area contributed by atoms with Crippen molar-refractivity contribution in [2.24, 2.45) is 0 Å². The number of fused-ring (bicyclic) bond motifs is 3. The largest absolute Gasteiger partial charge is 0.454 e. The first-order valence-electron chi connectivity index (χ1n) is 4.52. The third kappa shape index (κ3) is 1.47. The van der Waals surface area contributed by atoms with E-state index >= 15 is 0 Å². The lowest BCUT2D eigenvalue weighted by Crippen LogP contribution is -1.70. The molecule has 0 N–H and O–H groups in total. The molecule has 0 atom stereocenters. The van der Waals surface area contributed by atoms with Crippen molar-refractivity contribution in [1.29, 1.82) is 0 Å². The molecule has 0 saturated carbocycles. The highest BCUT2D eigenvalue weighted by Gasteiger charge is 2.10. The van der Waals surface area contributed by atoms with Crippen molar-refractivity contribution in [3.05, 3.63) is 43.5 Å². The smallest absolute Gasteiger partial charge is 0.148 e. The first-order chi connectivity index (χ1) is 7.27. The van der Waals surface area contributed by atoms with Crippen molar-refractivity contribution < 1.29 is 4.42 Å². The molecule has 0 aliphatic heterocycles. The van der Waals surface area contributed by atoms with Crippen LogP contribution in [-0.4, -0.2) is 0 Å². The monoisotopic (exact) mass is 420 g/mol. The van der Waals surface area contributed by atoms with E-state index in [1.807, 2.05) is 0 Å². The van der Waals surface area contributed by atoms with E-state index in [1.165, 1.54) is 10.8 Å². The first kappa shape index (κ1) is 9.89. The Bertz CT molecular complexity index is 599. The average Bonchev–Trinajstić information content (AvgIpc) is 2.60. The molecule has 2 aromatic carbocycles. The molecule has 0 saturated heterocycles. The topological polar surface area (TPSA) is 13.1 Å². The Morgan fingerprint density at radius 1 is 0.733 bits per heavy atom. The molecule has 0 unspecified atom stereocenters. The van der Waals surface area contributed by atoms with Crippen LogP contribution < -0.4 is 0 Å². The Morgan fingerprint density at radius 2 is 1.20 bits per heavy atom. The van der Waals surface area contributed by atoms with Crippen LogP contribution in [0.2, 0.25) is 0 Å². The first-order valence-corrected chi connectivity index (χ1v) is 6.68. The zero-order valence-electron chi connectivity index (χ0n) is 7.63. The van der Waals surface area contributed by atoms with Crippen LogP contribution in [0.5, 0.6) is 0 Å². The summed E-state index contributed by atoms with van der Waals surface area (Å²) >= 11 is 4.62. The van der Waals surface area contributed by atoms with Crippen LogP contribution in [-0.2, 0) is 0 Å². The third-order valence-corrected chi connectivity index (χ3v) is 4.13. The molecule has 3 rings (SSSR count). The van der Waals surface area contributed by atoms with Crippen LogP contribution >= 0.6 is 45.2 Å². The maximum Gasteiger partial charge on any atom is 0.148 e. The highest BCUT2D eigenvalue weighted by atomic mass is 127. The molecule has 15 heavy (non-hydrogen) atoms. The Balaban J connectivity index is 2.63. The fraction of sp³-hybridized carbons (Fsp3) is 0. The summed E-state index contributed by atoms with van der Waals surface area (Å²) in [5, 5.41) is 2.41. The van der Waals surface area contributed by atoms with Gasteiger partial charge in [-0.05, 0) is 57.3 Å². The Kier molecular flexibility index (Phi) is 2.39. The van der Waals surface area contributed by atoms with E-state index in [9.17, 15) is 0 Å². The van der Waals surface area contributed by atoms with Gasteiger partial charge in [0.2, 0.25) is 0 Å². The molecule has 0 aliphatic carbocycles. The van der Waals surface area contributed by atoms with Crippen molar-refractivity contribution in [2.75, 3.05) is 0 Å². The van der Waals surface area contributed by atoms with Gasteiger partial charge in [0, 0.05) is 10.8 Å². The fourth-order valence-corrected chi connectivity index (χ4v) is 2.97. The molecule has 74 valence electrons. The summed E-state index contributed by atoms with van der Waals surface area (Å²) in [7, 11) is 0. The van der Waals surface area contributed by atoms with Crippen molar-refractivity contribution in [3.63, 3.8) is 0 Å². The Labute approximate surface area is 114 Å². The quantitative estimate of drug-likeness (QED) is 0.477. The van der Waals surface area contributed by atoms with Crippen molar-refractivity contribution in [3.8, 4) is 0 Å². The maximum atomic E-state index is 5.90. The molecular weight excluding hydrogens is 414 g/mol. The molecule has 0 amide bonds. The lowest BCUT2D eigenvalue weighted by Gasteiger charge is -1.90. The minimum atomic E-state index is 0.997. The highest BCUT2D eigenvalue weighted by molar-refractivity contribution is 14.1. The summed E-state index contributed by atoms with van der Waals surface area (Å²) < 4.78 is 8.23. The normalized spacial score (nSPS) is 11.3. The average molecular weight is 420 g/mol. The number of para-hydroxylation sites is 2. The highest BCUT2D eigenvalue weighted by Crippen LogP contribution is 2.33. The molecule has 0 aliphatic rings. The van der Waals surface area contributed by atoms with E-state index in [4.69, 9.17) is 4.42 Å². The zero-order chi connectivity index (χ0) is 10.4. The maximum absolute atomic E-state index is 5.90. The molecule has 0 fully saturated rings. The SMILES string of the molecule is Ic1cccc2c1oc1c(I)cccc12. The number of rotatable bonds is 0. The summed E-state index contributed by atoms with van der Waals surface area (Å²) in [6, 6.07) is 12.5. The van der Waals surface area contributed by atoms with Crippen molar-refractivity contribution in [2.45, 2.75) is 0 Å². The summed E-state index contributed by atoms with van der Waals surface area (Å²) in [4.78, 5) is 0. The molecule has 1 heterocycles. The molecule has 3 aromatic rings. The van der Waals surface area contributed by atoms with Crippen LogP contribution in [0, 0.1) is 7.14 Å². The lowest BCUT2D eigenvalue weighted by atomic mass is 10.2. The third-order valence-electron chi connectivity index (χ3n) is 2.43. The van der Waals surface area contributed by atoms with Crippen LogP contribution in [0.15, 0.2) is 40.8 Å². The van der Waals surface area contributed by atoms with Crippen molar-refractivity contribution in [1.82, 2.24) is 0 Å². The molecular formula is C12H6I2O. The fourth-order valence-electron chi connectivity index (χ4n) is 1.75. The van der Waals surface area contributed by atoms with Crippen LogP contribution in [0.4, 0.5) is 0 Å². The van der Waals surface area contributed by atoms with E-state index in [2.05, 4.69) is 81.6 Å². The summed E-state index contributed by atoms with van der Waals surface area (Å²) in [5.41, 5.74) is 1.99. The van der Waals surface area contributed by atoms with Gasteiger partial charge in [-0.1, -0.05) is 24.3 Å². The van der Waals surface area contributed by atoms with Gasteiger partial charge in [-0.3, -0.25) is 0 Å². The Hall–Kier alpha value is -0.300. The number of halogens is 2. The van der Waals surface area contributed by atoms with Gasteiger partial charge in [0.15, 0.2) is 0 Å². The van der Waals surface area contributed by atoms with Gasteiger partial charge in [-0.25, -0.2) is 0 Å². The number of hydrogen-bond donors (Lipinski definition) is 0. The predicted molar refractivity (Wildman–Crippen MR) is 79.2 cm³/mol. The molecule has 0 radical (unpaired) electrons. The molecule has 0 spiro atoms.